The second-order valence-corrected chi connectivity index (χ2v) is 7.58. The number of benzene rings is 3. The van der Waals surface area contributed by atoms with E-state index in [0.29, 0.717) is 11.8 Å². The molecule has 2 aliphatic rings. The molecule has 0 unspecified atom stereocenters. The van der Waals surface area contributed by atoms with E-state index in [1.807, 2.05) is 0 Å². The number of hydrogen-bond donors (Lipinski definition) is 0. The van der Waals surface area contributed by atoms with Crippen molar-refractivity contribution in [3.05, 3.63) is 120 Å². The minimum Gasteiger partial charge on any atom is -0.102 e. The average molecular weight is 322 g/mol. The molecule has 0 aromatic heterocycles. The molecule has 0 heterocycles. The highest BCUT2D eigenvalue weighted by atomic mass is 14.8. The molecule has 25 heavy (non-hydrogen) atoms. The maximum atomic E-state index is 4.25. The Morgan fingerprint density at radius 3 is 2.08 bits per heavy atom. The second-order valence-electron chi connectivity index (χ2n) is 7.58. The maximum Gasteiger partial charge on any atom is 0.0234 e. The molecule has 0 radical (unpaired) electrons. The average Bonchev–Trinajstić information content (AvgIpc) is 3.17. The van der Waals surface area contributed by atoms with Crippen molar-refractivity contribution in [2.24, 2.45) is 0 Å². The number of allylic oxidation sites excluding steroid dienone is 1. The van der Waals surface area contributed by atoms with Gasteiger partial charge in [-0.2, -0.15) is 0 Å². The first kappa shape index (κ1) is 14.7. The molecule has 0 saturated heterocycles. The van der Waals surface area contributed by atoms with E-state index in [2.05, 4.69) is 105 Å². The van der Waals surface area contributed by atoms with Gasteiger partial charge in [-0.1, -0.05) is 97.9 Å². The van der Waals surface area contributed by atoms with Gasteiger partial charge in [0.1, 0.15) is 0 Å². The van der Waals surface area contributed by atoms with Gasteiger partial charge in [-0.05, 0) is 22.3 Å². The van der Waals surface area contributed by atoms with E-state index in [1.54, 1.807) is 0 Å². The largest absolute Gasteiger partial charge is 0.102 e. The molecule has 3 aromatic rings. The standard InChI is InChI=1S/C25H22/c1-3-21-20-16-10-11-17-22(20)24(2)23(18-12-6-4-7-13-18)25(21,24)19-14-8-5-9-15-19/h3-17,21,23H,1H2,2H3/t21-,23-,24+,25-/m0/s1. The van der Waals surface area contributed by atoms with E-state index in [1.165, 1.54) is 22.3 Å². The molecule has 0 amide bonds. The molecule has 1 fully saturated rings. The highest BCUT2D eigenvalue weighted by Gasteiger charge is 2.81. The monoisotopic (exact) mass is 322 g/mol. The van der Waals surface area contributed by atoms with Gasteiger partial charge in [0.2, 0.25) is 0 Å². The summed E-state index contributed by atoms with van der Waals surface area (Å²) in [6.45, 7) is 6.71. The Kier molecular flexibility index (Phi) is 2.92. The Hall–Kier alpha value is -2.60. The van der Waals surface area contributed by atoms with Gasteiger partial charge >= 0.3 is 0 Å². The topological polar surface area (TPSA) is 0 Å². The fraction of sp³-hybridized carbons (Fsp3) is 0.200. The van der Waals surface area contributed by atoms with Gasteiger partial charge in [0.25, 0.3) is 0 Å². The van der Waals surface area contributed by atoms with Gasteiger partial charge in [-0.15, -0.1) is 6.58 Å². The lowest BCUT2D eigenvalue weighted by molar-refractivity contribution is 0.566. The van der Waals surface area contributed by atoms with E-state index in [-0.39, 0.29) is 10.8 Å². The lowest BCUT2D eigenvalue weighted by atomic mass is 9.77. The summed E-state index contributed by atoms with van der Waals surface area (Å²) in [5.74, 6) is 0.836. The number of rotatable bonds is 3. The summed E-state index contributed by atoms with van der Waals surface area (Å²) >= 11 is 0. The maximum absolute atomic E-state index is 4.25. The zero-order chi connectivity index (χ0) is 17.1. The highest BCUT2D eigenvalue weighted by Crippen LogP contribution is 2.83. The predicted molar refractivity (Wildman–Crippen MR) is 104 cm³/mol. The lowest BCUT2D eigenvalue weighted by Crippen LogP contribution is -2.19. The Morgan fingerprint density at radius 2 is 1.40 bits per heavy atom. The molecule has 4 atom stereocenters. The van der Waals surface area contributed by atoms with Crippen LogP contribution in [0.5, 0.6) is 0 Å². The smallest absolute Gasteiger partial charge is 0.0234 e. The van der Waals surface area contributed by atoms with E-state index in [0.717, 1.165) is 0 Å². The summed E-state index contributed by atoms with van der Waals surface area (Å²) in [5, 5.41) is 0. The summed E-state index contributed by atoms with van der Waals surface area (Å²) in [7, 11) is 0. The zero-order valence-electron chi connectivity index (χ0n) is 14.5. The van der Waals surface area contributed by atoms with Crippen LogP contribution in [0.25, 0.3) is 0 Å². The minimum absolute atomic E-state index is 0.0705. The Bertz CT molecular complexity index is 940. The third kappa shape index (κ3) is 1.58. The van der Waals surface area contributed by atoms with Crippen molar-refractivity contribution in [1.82, 2.24) is 0 Å². The summed E-state index contributed by atoms with van der Waals surface area (Å²) < 4.78 is 0. The van der Waals surface area contributed by atoms with Gasteiger partial charge in [-0.3, -0.25) is 0 Å². The van der Waals surface area contributed by atoms with Crippen LogP contribution in [0.2, 0.25) is 0 Å². The van der Waals surface area contributed by atoms with Crippen LogP contribution < -0.4 is 0 Å². The first-order valence-electron chi connectivity index (χ1n) is 9.08. The fourth-order valence-electron chi connectivity index (χ4n) is 5.93. The predicted octanol–water partition coefficient (Wildman–Crippen LogP) is 5.96. The number of hydrogen-bond acceptors (Lipinski definition) is 0. The molecule has 5 rings (SSSR count). The molecular weight excluding hydrogens is 300 g/mol. The van der Waals surface area contributed by atoms with Crippen molar-refractivity contribution in [2.45, 2.75) is 29.6 Å². The normalized spacial score (nSPS) is 31.9. The lowest BCUT2D eigenvalue weighted by Gasteiger charge is -2.25. The third-order valence-corrected chi connectivity index (χ3v) is 6.77. The summed E-state index contributed by atoms with van der Waals surface area (Å²) in [6, 6.07) is 31.1. The van der Waals surface area contributed by atoms with Crippen molar-refractivity contribution in [3.8, 4) is 0 Å². The van der Waals surface area contributed by atoms with Crippen molar-refractivity contribution >= 4 is 0 Å². The molecule has 3 aromatic carbocycles. The highest BCUT2D eigenvalue weighted by molar-refractivity contribution is 5.70. The molecule has 1 saturated carbocycles. The second kappa shape index (κ2) is 4.95. The summed E-state index contributed by atoms with van der Waals surface area (Å²) in [5.41, 5.74) is 6.02. The molecule has 0 aliphatic heterocycles. The van der Waals surface area contributed by atoms with Crippen LogP contribution in [-0.2, 0) is 10.8 Å². The Morgan fingerprint density at radius 1 is 0.800 bits per heavy atom. The molecule has 0 bridgehead atoms. The quantitative estimate of drug-likeness (QED) is 0.522. The molecule has 0 heteroatoms. The van der Waals surface area contributed by atoms with Crippen molar-refractivity contribution in [3.63, 3.8) is 0 Å². The Balaban J connectivity index is 1.82. The van der Waals surface area contributed by atoms with E-state index in [9.17, 15) is 0 Å². The zero-order valence-corrected chi connectivity index (χ0v) is 14.5. The van der Waals surface area contributed by atoms with E-state index >= 15 is 0 Å². The van der Waals surface area contributed by atoms with E-state index in [4.69, 9.17) is 0 Å². The minimum atomic E-state index is 0.0705. The molecule has 0 N–H and O–H groups in total. The van der Waals surface area contributed by atoms with Crippen LogP contribution in [0.4, 0.5) is 0 Å². The van der Waals surface area contributed by atoms with Crippen molar-refractivity contribution in [1.29, 1.82) is 0 Å². The summed E-state index contributed by atoms with van der Waals surface area (Å²) in [6.07, 6.45) is 2.18. The van der Waals surface area contributed by atoms with Crippen LogP contribution in [0.1, 0.15) is 41.0 Å². The third-order valence-electron chi connectivity index (χ3n) is 6.77. The first-order valence-corrected chi connectivity index (χ1v) is 9.08. The summed E-state index contributed by atoms with van der Waals surface area (Å²) in [4.78, 5) is 0. The van der Waals surface area contributed by atoms with Gasteiger partial charge < -0.3 is 0 Å². The number of fused-ring (bicyclic) bond motifs is 3. The van der Waals surface area contributed by atoms with Crippen molar-refractivity contribution < 1.29 is 0 Å². The van der Waals surface area contributed by atoms with Crippen LogP contribution in [0.15, 0.2) is 97.6 Å². The molecule has 0 nitrogen and oxygen atoms in total. The van der Waals surface area contributed by atoms with Gasteiger partial charge in [0, 0.05) is 22.7 Å². The first-order chi connectivity index (χ1) is 12.3. The van der Waals surface area contributed by atoms with Crippen LogP contribution in [-0.4, -0.2) is 0 Å². The van der Waals surface area contributed by atoms with Gasteiger partial charge in [-0.25, -0.2) is 0 Å². The van der Waals surface area contributed by atoms with Crippen molar-refractivity contribution in [2.75, 3.05) is 0 Å². The fourth-order valence-corrected chi connectivity index (χ4v) is 5.93. The molecule has 122 valence electrons. The van der Waals surface area contributed by atoms with E-state index < -0.39 is 0 Å². The van der Waals surface area contributed by atoms with Gasteiger partial charge in [0.05, 0.1) is 0 Å². The SMILES string of the molecule is C=C[C@H]1c2ccccc2[C@]2(C)[C@H](c3ccccc3)[C@]12c1ccccc1. The molecule has 0 spiro atoms. The van der Waals surface area contributed by atoms with Crippen LogP contribution >= 0.6 is 0 Å². The Labute approximate surface area is 149 Å². The van der Waals surface area contributed by atoms with Crippen LogP contribution in [0, 0.1) is 0 Å². The molecule has 2 aliphatic carbocycles. The van der Waals surface area contributed by atoms with Crippen LogP contribution in [0.3, 0.4) is 0 Å². The molecular formula is C25H22. The van der Waals surface area contributed by atoms with Gasteiger partial charge in [0.15, 0.2) is 0 Å².